The maximum absolute atomic E-state index is 13.6. The molecule has 1 fully saturated rings. The minimum atomic E-state index is -2.04. The number of carbonyl (C=O) groups excluding carboxylic acids is 3. The van der Waals surface area contributed by atoms with Crippen molar-refractivity contribution in [1.29, 1.82) is 0 Å². The molecular weight excluding hydrogens is 532 g/mol. The van der Waals surface area contributed by atoms with E-state index in [0.29, 0.717) is 16.9 Å². The van der Waals surface area contributed by atoms with Gasteiger partial charge in [0.05, 0.1) is 11.2 Å². The SMILES string of the molecule is CC1=C(C(=O)OC(c2ccccc2)c2ccccc2)N2C(=O)C(NC(=O)COc3ccccc3)[C@H]2[S+]([O-])C1=[N+]=[N-]. The van der Waals surface area contributed by atoms with E-state index >= 15 is 0 Å². The molecule has 40 heavy (non-hydrogen) atoms. The van der Waals surface area contributed by atoms with Gasteiger partial charge in [-0.15, -0.1) is 4.79 Å². The van der Waals surface area contributed by atoms with E-state index in [4.69, 9.17) is 9.47 Å². The first-order chi connectivity index (χ1) is 19.4. The first kappa shape index (κ1) is 26.9. The van der Waals surface area contributed by atoms with Crippen LogP contribution in [0.2, 0.25) is 0 Å². The third-order valence-corrected chi connectivity index (χ3v) is 8.20. The van der Waals surface area contributed by atoms with Gasteiger partial charge in [0.25, 0.3) is 11.8 Å². The maximum Gasteiger partial charge on any atom is 0.490 e. The van der Waals surface area contributed by atoms with Crippen molar-refractivity contribution >= 4 is 34.0 Å². The van der Waals surface area contributed by atoms with Gasteiger partial charge >= 0.3 is 11.0 Å². The number of benzene rings is 3. The predicted molar refractivity (Wildman–Crippen MR) is 145 cm³/mol. The number of β-lactam (4-membered cyclic amide) rings is 1. The van der Waals surface area contributed by atoms with Gasteiger partial charge in [0.1, 0.15) is 17.0 Å². The van der Waals surface area contributed by atoms with E-state index in [1.165, 1.54) is 6.92 Å². The Morgan fingerprint density at radius 3 is 2.10 bits per heavy atom. The molecule has 3 atom stereocenters. The summed E-state index contributed by atoms with van der Waals surface area (Å²) >= 11 is -2.04. The lowest BCUT2D eigenvalue weighted by molar-refractivity contribution is -0.155. The number of hydrogen-bond acceptors (Lipinski definition) is 6. The van der Waals surface area contributed by atoms with Crippen LogP contribution in [0.5, 0.6) is 5.75 Å². The Hall–Kier alpha value is -4.70. The molecule has 0 aromatic heterocycles. The highest BCUT2D eigenvalue weighted by Crippen LogP contribution is 2.39. The van der Waals surface area contributed by atoms with Crippen molar-refractivity contribution in [2.75, 3.05) is 6.61 Å². The molecule has 2 heterocycles. The summed E-state index contributed by atoms with van der Waals surface area (Å²) in [4.78, 5) is 43.6. The molecule has 1 N–H and O–H groups in total. The number of rotatable bonds is 8. The topological polar surface area (TPSA) is 144 Å². The van der Waals surface area contributed by atoms with Crippen LogP contribution < -0.4 is 10.1 Å². The number of para-hydroxylation sites is 1. The van der Waals surface area contributed by atoms with Crippen LogP contribution in [0, 0.1) is 0 Å². The van der Waals surface area contributed by atoms with Gasteiger partial charge in [0.2, 0.25) is 5.37 Å². The highest BCUT2D eigenvalue weighted by molar-refractivity contribution is 8.07. The van der Waals surface area contributed by atoms with Gasteiger partial charge in [-0.2, -0.15) is 0 Å². The summed E-state index contributed by atoms with van der Waals surface area (Å²) in [5.41, 5.74) is 10.9. The summed E-state index contributed by atoms with van der Waals surface area (Å²) < 4.78 is 24.6. The Bertz CT molecular complexity index is 1470. The zero-order valence-electron chi connectivity index (χ0n) is 21.3. The molecule has 0 aliphatic carbocycles. The van der Waals surface area contributed by atoms with E-state index in [0.717, 1.165) is 4.90 Å². The fraction of sp³-hybridized carbons (Fsp3) is 0.172. The minimum absolute atomic E-state index is 0.0347. The largest absolute Gasteiger partial charge is 0.604 e. The number of nitrogens with one attached hydrogen (secondary N) is 1. The molecule has 5 rings (SSSR count). The third kappa shape index (κ3) is 5.13. The lowest BCUT2D eigenvalue weighted by Gasteiger charge is -2.46. The third-order valence-electron chi connectivity index (χ3n) is 6.51. The lowest BCUT2D eigenvalue weighted by atomic mass is 10.0. The van der Waals surface area contributed by atoms with Gasteiger partial charge in [0, 0.05) is 0 Å². The zero-order chi connectivity index (χ0) is 28.2. The van der Waals surface area contributed by atoms with Crippen molar-refractivity contribution in [2.24, 2.45) is 0 Å². The summed E-state index contributed by atoms with van der Waals surface area (Å²) in [6.45, 7) is 1.04. The number of fused-ring (bicyclic) bond motifs is 1. The number of amides is 2. The summed E-state index contributed by atoms with van der Waals surface area (Å²) in [6.07, 6.45) is -0.808. The number of ether oxygens (including phenoxy) is 2. The first-order valence-electron chi connectivity index (χ1n) is 12.4. The molecule has 3 aromatic carbocycles. The number of nitrogens with zero attached hydrogens (tertiary/aromatic N) is 3. The molecule has 0 saturated carbocycles. The molecule has 2 unspecified atom stereocenters. The molecule has 2 aliphatic rings. The Balaban J connectivity index is 1.38. The lowest BCUT2D eigenvalue weighted by Crippen LogP contribution is -2.75. The fourth-order valence-electron chi connectivity index (χ4n) is 4.60. The second kappa shape index (κ2) is 11.6. The van der Waals surface area contributed by atoms with Crippen LogP contribution in [-0.4, -0.2) is 55.1 Å². The van der Waals surface area contributed by atoms with Crippen LogP contribution in [0.3, 0.4) is 0 Å². The van der Waals surface area contributed by atoms with Crippen molar-refractivity contribution in [3.63, 3.8) is 0 Å². The van der Waals surface area contributed by atoms with E-state index < -0.39 is 46.5 Å². The normalized spacial score (nSPS) is 19.9. The Kier molecular flexibility index (Phi) is 7.79. The van der Waals surface area contributed by atoms with E-state index in [-0.39, 0.29) is 22.9 Å². The Morgan fingerprint density at radius 1 is 1.00 bits per heavy atom. The molecule has 3 aromatic rings. The van der Waals surface area contributed by atoms with Gasteiger partial charge in [-0.1, -0.05) is 78.9 Å². The molecule has 1 saturated heterocycles. The highest BCUT2D eigenvalue weighted by atomic mass is 32.2. The van der Waals surface area contributed by atoms with Crippen molar-refractivity contribution in [3.05, 3.63) is 119 Å². The number of hydrogen-bond donors (Lipinski definition) is 1. The quantitative estimate of drug-likeness (QED) is 0.149. The number of esters is 1. The fourth-order valence-corrected chi connectivity index (χ4v) is 6.14. The second-order valence-corrected chi connectivity index (χ2v) is 10.5. The summed E-state index contributed by atoms with van der Waals surface area (Å²) in [7, 11) is 0. The van der Waals surface area contributed by atoms with Crippen molar-refractivity contribution in [3.8, 4) is 5.75 Å². The van der Waals surface area contributed by atoms with Gasteiger partial charge < -0.3 is 24.9 Å². The van der Waals surface area contributed by atoms with Gasteiger partial charge in [-0.25, -0.2) is 4.79 Å². The zero-order valence-corrected chi connectivity index (χ0v) is 22.1. The van der Waals surface area contributed by atoms with Crippen LogP contribution in [0.15, 0.2) is 102 Å². The van der Waals surface area contributed by atoms with Crippen molar-refractivity contribution in [1.82, 2.24) is 10.2 Å². The molecule has 202 valence electrons. The molecule has 0 bridgehead atoms. The van der Waals surface area contributed by atoms with Gasteiger partial charge in [-0.05, 0) is 30.2 Å². The van der Waals surface area contributed by atoms with Crippen LogP contribution in [0.4, 0.5) is 0 Å². The molecule has 2 aliphatic heterocycles. The first-order valence-corrected chi connectivity index (χ1v) is 13.6. The number of carbonyl (C=O) groups is 3. The highest BCUT2D eigenvalue weighted by Gasteiger charge is 2.65. The van der Waals surface area contributed by atoms with Gasteiger partial charge in [-0.3, -0.25) is 14.5 Å². The molecular formula is C29H24N4O6S. The van der Waals surface area contributed by atoms with Crippen LogP contribution in [0.1, 0.15) is 24.2 Å². The van der Waals surface area contributed by atoms with Crippen molar-refractivity contribution < 1.29 is 33.2 Å². The summed E-state index contributed by atoms with van der Waals surface area (Å²) in [5.74, 6) is -1.68. The minimum Gasteiger partial charge on any atom is -0.604 e. The van der Waals surface area contributed by atoms with E-state index in [2.05, 4.69) is 10.1 Å². The summed E-state index contributed by atoms with van der Waals surface area (Å²) in [5, 5.41) is 1.07. The maximum atomic E-state index is 13.6. The van der Waals surface area contributed by atoms with E-state index in [1.54, 1.807) is 30.3 Å². The average molecular weight is 557 g/mol. The molecule has 0 spiro atoms. The van der Waals surface area contributed by atoms with E-state index in [9.17, 15) is 24.5 Å². The van der Waals surface area contributed by atoms with Crippen molar-refractivity contribution in [2.45, 2.75) is 24.4 Å². The standard InChI is InChI=1S/C29H24N4O6S/c1-18-24(29(36)39-25(19-11-5-2-6-12-19)20-13-7-3-8-14-20)33-27(35)23(28(33)40(37)26(18)32-30)31-22(34)17-38-21-15-9-4-10-16-21/h2-16,23,25,28H,17H2,1H3,(H,31,34)/t23?,28-,40?/m1/s1. The molecule has 10 nitrogen and oxygen atoms in total. The van der Waals surface area contributed by atoms with Crippen LogP contribution in [0.25, 0.3) is 5.53 Å². The Morgan fingerprint density at radius 2 is 1.55 bits per heavy atom. The van der Waals surface area contributed by atoms with Gasteiger partial charge in [0.15, 0.2) is 18.8 Å². The molecule has 2 amide bonds. The molecule has 0 radical (unpaired) electrons. The average Bonchev–Trinajstić information content (AvgIpc) is 2.99. The smallest absolute Gasteiger partial charge is 0.490 e. The van der Waals surface area contributed by atoms with Crippen LogP contribution >= 0.6 is 0 Å². The van der Waals surface area contributed by atoms with Crippen LogP contribution in [-0.2, 0) is 30.3 Å². The van der Waals surface area contributed by atoms with E-state index in [1.807, 2.05) is 60.7 Å². The monoisotopic (exact) mass is 556 g/mol. The second-order valence-electron chi connectivity index (χ2n) is 9.03. The predicted octanol–water partition coefficient (Wildman–Crippen LogP) is 2.72. The molecule has 11 heteroatoms. The Labute approximate surface area is 233 Å². The summed E-state index contributed by atoms with van der Waals surface area (Å²) in [6, 6.07) is 25.6.